The van der Waals surface area contributed by atoms with Crippen LogP contribution in [0, 0.1) is 11.3 Å². The average molecular weight is 299 g/mol. The number of unbranched alkanes of at least 4 members (excludes halogenated alkanes) is 2. The van der Waals surface area contributed by atoms with Gasteiger partial charge >= 0.3 is 0 Å². The predicted molar refractivity (Wildman–Crippen MR) is 96.9 cm³/mol. The lowest BCUT2D eigenvalue weighted by molar-refractivity contribution is 0.608. The van der Waals surface area contributed by atoms with Crippen molar-refractivity contribution in [2.45, 2.75) is 91.9 Å². The van der Waals surface area contributed by atoms with Crippen molar-refractivity contribution in [2.24, 2.45) is 11.3 Å². The fourth-order valence-electron chi connectivity index (χ4n) is 3.57. The van der Waals surface area contributed by atoms with E-state index in [1.165, 1.54) is 62.5 Å². The molecule has 1 spiro atoms. The molecule has 0 aliphatic heterocycles. The van der Waals surface area contributed by atoms with E-state index in [2.05, 4.69) is 45.2 Å². The van der Waals surface area contributed by atoms with Gasteiger partial charge in [0.05, 0.1) is 0 Å². The topological polar surface area (TPSA) is 0 Å². The van der Waals surface area contributed by atoms with Gasteiger partial charge in [0.15, 0.2) is 0 Å². The zero-order chi connectivity index (χ0) is 16.0. The van der Waals surface area contributed by atoms with Gasteiger partial charge in [-0.1, -0.05) is 63.1 Å². The Morgan fingerprint density at radius 2 is 2.05 bits per heavy atom. The summed E-state index contributed by atoms with van der Waals surface area (Å²) < 4.78 is 0. The Labute approximate surface area is 138 Å². The second-order valence-electron chi connectivity index (χ2n) is 7.40. The van der Waals surface area contributed by atoms with E-state index in [9.17, 15) is 0 Å². The lowest BCUT2D eigenvalue weighted by Crippen LogP contribution is -1.83. The Morgan fingerprint density at radius 3 is 2.73 bits per heavy atom. The molecule has 122 valence electrons. The Hall–Kier alpha value is -0.960. The SMILES string of the molecule is CCCC=C(C)CCC(=C=C=C1CC12CC2CCCC)CC. The molecule has 2 unspecified atom stereocenters. The third-order valence-electron chi connectivity index (χ3n) is 5.53. The maximum absolute atomic E-state index is 3.54. The molecule has 0 radical (unpaired) electrons. The van der Waals surface area contributed by atoms with Gasteiger partial charge in [0.25, 0.3) is 0 Å². The van der Waals surface area contributed by atoms with E-state index in [1.807, 2.05) is 0 Å². The van der Waals surface area contributed by atoms with Gasteiger partial charge in [-0.15, -0.1) is 0 Å². The molecular formula is C22H34. The third kappa shape index (κ3) is 4.52. The van der Waals surface area contributed by atoms with Gasteiger partial charge in [0, 0.05) is 5.41 Å². The van der Waals surface area contributed by atoms with Crippen molar-refractivity contribution in [2.75, 3.05) is 0 Å². The number of hydrogen-bond donors (Lipinski definition) is 0. The molecule has 0 saturated heterocycles. The lowest BCUT2D eigenvalue weighted by atomic mass is 10.0. The highest BCUT2D eigenvalue weighted by Gasteiger charge is 2.66. The minimum absolute atomic E-state index is 0.623. The smallest absolute Gasteiger partial charge is 0.00696 e. The molecule has 2 saturated carbocycles. The molecular weight excluding hydrogens is 264 g/mol. The molecule has 0 aromatic carbocycles. The van der Waals surface area contributed by atoms with Crippen LogP contribution in [0.5, 0.6) is 0 Å². The summed E-state index contributed by atoms with van der Waals surface area (Å²) in [6.45, 7) is 9.06. The van der Waals surface area contributed by atoms with Crippen LogP contribution in [-0.4, -0.2) is 0 Å². The van der Waals surface area contributed by atoms with E-state index in [0.717, 1.165) is 18.8 Å². The molecule has 0 heterocycles. The van der Waals surface area contributed by atoms with Crippen LogP contribution in [0.3, 0.4) is 0 Å². The molecule has 0 N–H and O–H groups in total. The quantitative estimate of drug-likeness (QED) is 0.314. The van der Waals surface area contributed by atoms with Crippen LogP contribution in [0.15, 0.2) is 34.3 Å². The Morgan fingerprint density at radius 1 is 1.23 bits per heavy atom. The van der Waals surface area contributed by atoms with E-state index in [-0.39, 0.29) is 0 Å². The van der Waals surface area contributed by atoms with Crippen LogP contribution in [0.1, 0.15) is 91.9 Å². The zero-order valence-electron chi connectivity index (χ0n) is 15.2. The highest BCUT2D eigenvalue weighted by Crippen LogP contribution is 2.75. The fourth-order valence-corrected chi connectivity index (χ4v) is 3.57. The molecule has 22 heavy (non-hydrogen) atoms. The van der Waals surface area contributed by atoms with E-state index in [0.29, 0.717) is 5.41 Å². The Kier molecular flexibility index (Phi) is 6.37. The number of allylic oxidation sites excluding steroid dienone is 4. The summed E-state index contributed by atoms with van der Waals surface area (Å²) in [4.78, 5) is 0. The Bertz CT molecular complexity index is 506. The first-order chi connectivity index (χ1) is 10.7. The minimum Gasteiger partial charge on any atom is -0.0856 e. The van der Waals surface area contributed by atoms with Crippen molar-refractivity contribution < 1.29 is 0 Å². The zero-order valence-corrected chi connectivity index (χ0v) is 15.2. The molecule has 0 heteroatoms. The molecule has 0 amide bonds. The first kappa shape index (κ1) is 17.4. The maximum atomic E-state index is 3.54. The minimum atomic E-state index is 0.623. The molecule has 0 aromatic heterocycles. The van der Waals surface area contributed by atoms with E-state index < -0.39 is 0 Å². The van der Waals surface area contributed by atoms with Crippen LogP contribution < -0.4 is 0 Å². The number of hydrogen-bond acceptors (Lipinski definition) is 0. The summed E-state index contributed by atoms with van der Waals surface area (Å²) >= 11 is 0. The van der Waals surface area contributed by atoms with Gasteiger partial charge < -0.3 is 0 Å². The monoisotopic (exact) mass is 298 g/mol. The average Bonchev–Trinajstić information content (AvgIpc) is 3.42. The molecule has 0 aromatic rings. The summed E-state index contributed by atoms with van der Waals surface area (Å²) in [5.74, 6) is 0.987. The highest BCUT2D eigenvalue weighted by molar-refractivity contribution is 5.41. The second-order valence-corrected chi connectivity index (χ2v) is 7.40. The van der Waals surface area contributed by atoms with Crippen molar-refractivity contribution in [1.29, 1.82) is 0 Å². The van der Waals surface area contributed by atoms with Crippen LogP contribution in [0.2, 0.25) is 0 Å². The van der Waals surface area contributed by atoms with Gasteiger partial charge in [0.2, 0.25) is 0 Å². The third-order valence-corrected chi connectivity index (χ3v) is 5.53. The summed E-state index contributed by atoms with van der Waals surface area (Å²) in [5.41, 5.74) is 12.2. The predicted octanol–water partition coefficient (Wildman–Crippen LogP) is 7.13. The molecule has 2 atom stereocenters. The van der Waals surface area contributed by atoms with Crippen LogP contribution >= 0.6 is 0 Å². The Balaban J connectivity index is 1.89. The van der Waals surface area contributed by atoms with E-state index in [4.69, 9.17) is 0 Å². The van der Waals surface area contributed by atoms with Gasteiger partial charge in [-0.3, -0.25) is 0 Å². The van der Waals surface area contributed by atoms with Crippen LogP contribution in [-0.2, 0) is 0 Å². The van der Waals surface area contributed by atoms with E-state index in [1.54, 1.807) is 5.57 Å². The summed E-state index contributed by atoms with van der Waals surface area (Å²) in [6.07, 6.45) is 15.3. The molecule has 0 bridgehead atoms. The van der Waals surface area contributed by atoms with Gasteiger partial charge in [0.1, 0.15) is 0 Å². The van der Waals surface area contributed by atoms with Crippen LogP contribution in [0.4, 0.5) is 0 Å². The molecule has 2 aliphatic carbocycles. The van der Waals surface area contributed by atoms with Crippen molar-refractivity contribution in [1.82, 2.24) is 0 Å². The summed E-state index contributed by atoms with van der Waals surface area (Å²) in [5, 5.41) is 0. The van der Waals surface area contributed by atoms with E-state index >= 15 is 0 Å². The standard InChI is InChI=1S/C22H34/c1-5-8-10-18(4)12-13-19(7-3)14-15-21-17-22(21)16-20(22)11-9-6-2/h10,20H,5-9,11-13,16-17H2,1-4H3. The van der Waals surface area contributed by atoms with Crippen LogP contribution in [0.25, 0.3) is 0 Å². The van der Waals surface area contributed by atoms with Gasteiger partial charge in [-0.25, -0.2) is 0 Å². The second kappa shape index (κ2) is 8.05. The highest BCUT2D eigenvalue weighted by atomic mass is 14.7. The molecule has 0 nitrogen and oxygen atoms in total. The molecule has 2 aliphatic rings. The fraction of sp³-hybridized carbons (Fsp3) is 0.727. The summed E-state index contributed by atoms with van der Waals surface area (Å²) in [6, 6.07) is 0. The first-order valence-corrected chi connectivity index (χ1v) is 9.54. The first-order valence-electron chi connectivity index (χ1n) is 9.54. The maximum Gasteiger partial charge on any atom is 0.00696 e. The number of rotatable bonds is 9. The normalized spacial score (nSPS) is 25.9. The van der Waals surface area contributed by atoms with Crippen molar-refractivity contribution >= 4 is 0 Å². The van der Waals surface area contributed by atoms with Crippen molar-refractivity contribution in [3.05, 3.63) is 34.3 Å². The lowest BCUT2D eigenvalue weighted by Gasteiger charge is -2.02. The molecule has 2 fully saturated rings. The largest absolute Gasteiger partial charge is 0.0856 e. The van der Waals surface area contributed by atoms with Gasteiger partial charge in [-0.2, -0.15) is 0 Å². The van der Waals surface area contributed by atoms with Crippen molar-refractivity contribution in [3.63, 3.8) is 0 Å². The molecule has 2 rings (SSSR count). The van der Waals surface area contributed by atoms with Crippen molar-refractivity contribution in [3.8, 4) is 0 Å². The van der Waals surface area contributed by atoms with Gasteiger partial charge in [-0.05, 0) is 68.9 Å². The summed E-state index contributed by atoms with van der Waals surface area (Å²) in [7, 11) is 0.